The zero-order valence-electron chi connectivity index (χ0n) is 16.1. The molecule has 3 aromatic carbocycles. The number of rotatable bonds is 9. The summed E-state index contributed by atoms with van der Waals surface area (Å²) in [7, 11) is 0. The lowest BCUT2D eigenvalue weighted by Gasteiger charge is -2.07. The minimum Gasteiger partial charge on any atom is -0.352 e. The topological polar surface area (TPSA) is 58.2 Å². The van der Waals surface area contributed by atoms with Crippen LogP contribution in [0.4, 0.5) is 5.69 Å². The van der Waals surface area contributed by atoms with Gasteiger partial charge in [-0.1, -0.05) is 60.7 Å². The Morgan fingerprint density at radius 2 is 1.41 bits per heavy atom. The highest BCUT2D eigenvalue weighted by Gasteiger charge is 2.06. The lowest BCUT2D eigenvalue weighted by atomic mass is 10.1. The predicted octanol–water partition coefficient (Wildman–Crippen LogP) is 4.53. The number of amides is 2. The summed E-state index contributed by atoms with van der Waals surface area (Å²) in [6, 6.07) is 27.1. The first-order valence-electron chi connectivity index (χ1n) is 9.54. The molecule has 0 saturated carbocycles. The zero-order chi connectivity index (χ0) is 20.3. The minimum absolute atomic E-state index is 0.0179. The number of hydrogen-bond acceptors (Lipinski definition) is 3. The Balaban J connectivity index is 1.38. The van der Waals surface area contributed by atoms with Crippen LogP contribution >= 0.6 is 11.8 Å². The number of carbonyl (C=O) groups excluding carboxylic acids is 2. The van der Waals surface area contributed by atoms with E-state index >= 15 is 0 Å². The summed E-state index contributed by atoms with van der Waals surface area (Å²) in [5, 5.41) is 5.82. The second-order valence-electron chi connectivity index (χ2n) is 6.60. The number of nitrogens with one attached hydrogen (secondary N) is 2. The largest absolute Gasteiger partial charge is 0.352 e. The van der Waals surface area contributed by atoms with Gasteiger partial charge in [0.25, 0.3) is 5.91 Å². The molecule has 148 valence electrons. The first kappa shape index (κ1) is 20.7. The number of anilines is 1. The van der Waals surface area contributed by atoms with Crippen LogP contribution in [0, 0.1) is 0 Å². The first-order chi connectivity index (χ1) is 14.2. The summed E-state index contributed by atoms with van der Waals surface area (Å²) < 4.78 is 0. The third kappa shape index (κ3) is 7.12. The summed E-state index contributed by atoms with van der Waals surface area (Å²) in [6.45, 7) is 0.608. The monoisotopic (exact) mass is 404 g/mol. The van der Waals surface area contributed by atoms with Gasteiger partial charge in [-0.3, -0.25) is 9.59 Å². The van der Waals surface area contributed by atoms with E-state index in [0.29, 0.717) is 17.9 Å². The molecule has 4 nitrogen and oxygen atoms in total. The Labute approximate surface area is 175 Å². The van der Waals surface area contributed by atoms with Crippen LogP contribution in [0.1, 0.15) is 21.5 Å². The quantitative estimate of drug-likeness (QED) is 0.551. The van der Waals surface area contributed by atoms with Crippen LogP contribution in [0.25, 0.3) is 0 Å². The van der Waals surface area contributed by atoms with E-state index in [9.17, 15) is 9.59 Å². The van der Waals surface area contributed by atoms with Gasteiger partial charge in [0.1, 0.15) is 0 Å². The highest BCUT2D eigenvalue weighted by molar-refractivity contribution is 7.99. The van der Waals surface area contributed by atoms with Crippen LogP contribution in [0.5, 0.6) is 0 Å². The molecule has 0 heterocycles. The minimum atomic E-state index is -0.0672. The molecular weight excluding hydrogens is 380 g/mol. The lowest BCUT2D eigenvalue weighted by molar-refractivity contribution is -0.113. The SMILES string of the molecule is O=C(CSCc1ccc(C(=O)NCCc2ccccc2)cc1)Nc1ccccc1. The normalized spacial score (nSPS) is 10.3. The maximum Gasteiger partial charge on any atom is 0.251 e. The van der Waals surface area contributed by atoms with Crippen molar-refractivity contribution < 1.29 is 9.59 Å². The van der Waals surface area contributed by atoms with E-state index in [1.54, 1.807) is 11.8 Å². The van der Waals surface area contributed by atoms with Gasteiger partial charge in [0.15, 0.2) is 0 Å². The molecule has 3 aromatic rings. The first-order valence-corrected chi connectivity index (χ1v) is 10.7. The van der Waals surface area contributed by atoms with Gasteiger partial charge in [0.05, 0.1) is 5.75 Å². The van der Waals surface area contributed by atoms with Gasteiger partial charge >= 0.3 is 0 Å². The van der Waals surface area contributed by atoms with E-state index in [4.69, 9.17) is 0 Å². The Kier molecular flexibility index (Phi) is 7.90. The summed E-state index contributed by atoms with van der Waals surface area (Å²) >= 11 is 1.55. The van der Waals surface area contributed by atoms with Gasteiger partial charge in [-0.25, -0.2) is 0 Å². The highest BCUT2D eigenvalue weighted by Crippen LogP contribution is 2.14. The van der Waals surface area contributed by atoms with Crippen LogP contribution in [0.3, 0.4) is 0 Å². The average molecular weight is 405 g/mol. The fourth-order valence-corrected chi connectivity index (χ4v) is 3.59. The van der Waals surface area contributed by atoms with E-state index in [-0.39, 0.29) is 11.8 Å². The molecule has 5 heteroatoms. The molecule has 0 aromatic heterocycles. The van der Waals surface area contributed by atoms with Gasteiger partial charge in [-0.2, -0.15) is 0 Å². The smallest absolute Gasteiger partial charge is 0.251 e. The Morgan fingerprint density at radius 1 is 0.759 bits per heavy atom. The standard InChI is InChI=1S/C24H24N2O2S/c27-23(26-22-9-5-2-6-10-22)18-29-17-20-11-13-21(14-12-20)24(28)25-16-15-19-7-3-1-4-8-19/h1-14H,15-18H2,(H,25,28)(H,26,27). The summed E-state index contributed by atoms with van der Waals surface area (Å²) in [6.07, 6.45) is 0.812. The number of para-hydroxylation sites is 1. The molecule has 0 atom stereocenters. The molecule has 3 rings (SSSR count). The van der Waals surface area contributed by atoms with Gasteiger partial charge in [-0.05, 0) is 41.8 Å². The molecule has 0 radical (unpaired) electrons. The third-order valence-electron chi connectivity index (χ3n) is 4.32. The van der Waals surface area contributed by atoms with Crippen molar-refractivity contribution in [2.24, 2.45) is 0 Å². The van der Waals surface area contributed by atoms with Crippen molar-refractivity contribution in [1.29, 1.82) is 0 Å². The predicted molar refractivity (Wildman–Crippen MR) is 120 cm³/mol. The van der Waals surface area contributed by atoms with Crippen LogP contribution < -0.4 is 10.6 Å². The molecule has 0 bridgehead atoms. The lowest BCUT2D eigenvalue weighted by Crippen LogP contribution is -2.25. The van der Waals surface area contributed by atoms with Crippen molar-refractivity contribution in [2.75, 3.05) is 17.6 Å². The molecule has 0 unspecified atom stereocenters. The van der Waals surface area contributed by atoms with Crippen LogP contribution in [-0.2, 0) is 17.0 Å². The fourth-order valence-electron chi connectivity index (χ4n) is 2.80. The molecule has 0 aliphatic rings. The van der Waals surface area contributed by atoms with Crippen molar-refractivity contribution in [3.05, 3.63) is 102 Å². The summed E-state index contributed by atoms with van der Waals surface area (Å²) in [5.74, 6) is 1.02. The number of benzene rings is 3. The molecule has 2 N–H and O–H groups in total. The Bertz CT molecular complexity index is 913. The molecule has 0 aliphatic carbocycles. The molecule has 0 aliphatic heterocycles. The summed E-state index contributed by atoms with van der Waals surface area (Å²) in [5.41, 5.74) is 3.74. The Morgan fingerprint density at radius 3 is 2.10 bits per heavy atom. The molecule has 0 spiro atoms. The van der Waals surface area contributed by atoms with Gasteiger partial charge in [0, 0.05) is 23.5 Å². The van der Waals surface area contributed by atoms with Crippen LogP contribution in [0.2, 0.25) is 0 Å². The second-order valence-corrected chi connectivity index (χ2v) is 7.58. The van der Waals surface area contributed by atoms with Gasteiger partial charge < -0.3 is 10.6 Å². The van der Waals surface area contributed by atoms with Crippen LogP contribution in [-0.4, -0.2) is 24.1 Å². The summed E-state index contributed by atoms with van der Waals surface area (Å²) in [4.78, 5) is 24.2. The van der Waals surface area contributed by atoms with Crippen molar-refractivity contribution in [2.45, 2.75) is 12.2 Å². The third-order valence-corrected chi connectivity index (χ3v) is 5.32. The average Bonchev–Trinajstić information content (AvgIpc) is 2.75. The van der Waals surface area contributed by atoms with E-state index < -0.39 is 0 Å². The van der Waals surface area contributed by atoms with E-state index in [0.717, 1.165) is 23.4 Å². The number of hydrogen-bond donors (Lipinski definition) is 2. The fraction of sp³-hybridized carbons (Fsp3) is 0.167. The van der Waals surface area contributed by atoms with Gasteiger partial charge in [0.2, 0.25) is 5.91 Å². The number of carbonyl (C=O) groups is 2. The van der Waals surface area contributed by atoms with E-state index in [2.05, 4.69) is 22.8 Å². The van der Waals surface area contributed by atoms with E-state index in [1.165, 1.54) is 5.56 Å². The molecule has 2 amide bonds. The van der Waals surface area contributed by atoms with Crippen molar-refractivity contribution in [3.8, 4) is 0 Å². The maximum absolute atomic E-state index is 12.3. The van der Waals surface area contributed by atoms with Crippen molar-refractivity contribution >= 4 is 29.3 Å². The second kappa shape index (κ2) is 11.1. The Hall–Kier alpha value is -3.05. The van der Waals surface area contributed by atoms with Gasteiger partial charge in [-0.15, -0.1) is 11.8 Å². The van der Waals surface area contributed by atoms with Crippen molar-refractivity contribution in [3.63, 3.8) is 0 Å². The highest BCUT2D eigenvalue weighted by atomic mass is 32.2. The van der Waals surface area contributed by atoms with E-state index in [1.807, 2.05) is 72.8 Å². The molecule has 29 heavy (non-hydrogen) atoms. The molecule has 0 fully saturated rings. The number of thioether (sulfide) groups is 1. The zero-order valence-corrected chi connectivity index (χ0v) is 17.0. The molecule has 0 saturated heterocycles. The maximum atomic E-state index is 12.3. The van der Waals surface area contributed by atoms with Crippen molar-refractivity contribution in [1.82, 2.24) is 5.32 Å². The molecular formula is C24H24N2O2S. The van der Waals surface area contributed by atoms with Crippen LogP contribution in [0.15, 0.2) is 84.9 Å².